The Kier molecular flexibility index (Phi) is 4.30. The predicted molar refractivity (Wildman–Crippen MR) is 106 cm³/mol. The highest BCUT2D eigenvalue weighted by Gasteiger charge is 2.24. The van der Waals surface area contributed by atoms with E-state index in [0.717, 1.165) is 10.9 Å². The van der Waals surface area contributed by atoms with Gasteiger partial charge in [0, 0.05) is 14.1 Å². The number of aryl methyl sites for hydroxylation is 2. The molecule has 0 aliphatic carbocycles. The summed E-state index contributed by atoms with van der Waals surface area (Å²) >= 11 is 1.32. The third-order valence-electron chi connectivity index (χ3n) is 4.73. The van der Waals surface area contributed by atoms with Crippen molar-refractivity contribution in [1.29, 1.82) is 0 Å². The zero-order valence-corrected chi connectivity index (χ0v) is 17.3. The normalized spacial score (nSPS) is 11.5. The van der Waals surface area contributed by atoms with E-state index in [1.165, 1.54) is 20.9 Å². The van der Waals surface area contributed by atoms with Crippen molar-refractivity contribution in [2.75, 3.05) is 14.1 Å². The van der Waals surface area contributed by atoms with E-state index in [1.807, 2.05) is 6.92 Å². The largest absolute Gasteiger partial charge is 0.344 e. The number of nitrogens with zero attached hydrogens (tertiary/aromatic N) is 8. The Balaban J connectivity index is 1.81. The molecular formula is C17H18N8O3S. The smallest absolute Gasteiger partial charge is 0.312 e. The fourth-order valence-corrected chi connectivity index (χ4v) is 4.46. The van der Waals surface area contributed by atoms with Crippen LogP contribution in [-0.2, 0) is 6.54 Å². The Labute approximate surface area is 168 Å². The van der Waals surface area contributed by atoms with E-state index >= 15 is 0 Å². The number of nitro groups is 1. The van der Waals surface area contributed by atoms with Gasteiger partial charge in [-0.2, -0.15) is 5.10 Å². The number of hydrogen-bond acceptors (Lipinski definition) is 8. The minimum Gasteiger partial charge on any atom is -0.344 e. The molecule has 11 nitrogen and oxygen atoms in total. The highest BCUT2D eigenvalue weighted by atomic mass is 32.1. The van der Waals surface area contributed by atoms with Crippen LogP contribution in [0.25, 0.3) is 15.9 Å². The first-order chi connectivity index (χ1) is 13.7. The van der Waals surface area contributed by atoms with Crippen LogP contribution < -0.4 is 0 Å². The molecule has 4 rings (SSSR count). The Morgan fingerprint density at radius 2 is 2.00 bits per heavy atom. The monoisotopic (exact) mass is 414 g/mol. The molecule has 150 valence electrons. The summed E-state index contributed by atoms with van der Waals surface area (Å²) in [5.41, 5.74) is 2.19. The first-order valence-electron chi connectivity index (χ1n) is 8.72. The van der Waals surface area contributed by atoms with E-state index in [1.54, 1.807) is 38.8 Å². The molecule has 1 amide bonds. The molecule has 29 heavy (non-hydrogen) atoms. The molecule has 0 saturated heterocycles. The third-order valence-corrected chi connectivity index (χ3v) is 5.92. The summed E-state index contributed by atoms with van der Waals surface area (Å²) in [6.45, 7) is 5.31. The molecule has 12 heteroatoms. The van der Waals surface area contributed by atoms with Gasteiger partial charge in [-0.05, 0) is 26.3 Å². The Morgan fingerprint density at radius 1 is 1.28 bits per heavy atom. The Hall–Kier alpha value is -3.41. The highest BCUT2D eigenvalue weighted by Crippen LogP contribution is 2.32. The van der Waals surface area contributed by atoms with Crippen LogP contribution >= 0.6 is 11.3 Å². The lowest BCUT2D eigenvalue weighted by Gasteiger charge is -2.08. The first-order valence-corrected chi connectivity index (χ1v) is 9.54. The summed E-state index contributed by atoms with van der Waals surface area (Å²) < 4.78 is 3.08. The Morgan fingerprint density at radius 3 is 2.62 bits per heavy atom. The lowest BCUT2D eigenvalue weighted by atomic mass is 10.2. The van der Waals surface area contributed by atoms with Gasteiger partial charge >= 0.3 is 5.69 Å². The van der Waals surface area contributed by atoms with Gasteiger partial charge in [0.25, 0.3) is 5.91 Å². The van der Waals surface area contributed by atoms with E-state index in [-0.39, 0.29) is 18.1 Å². The summed E-state index contributed by atoms with van der Waals surface area (Å²) in [7, 11) is 3.41. The number of thiophene rings is 1. The van der Waals surface area contributed by atoms with Crippen LogP contribution in [0.2, 0.25) is 0 Å². The maximum Gasteiger partial charge on any atom is 0.312 e. The van der Waals surface area contributed by atoms with Gasteiger partial charge in [0.15, 0.2) is 11.5 Å². The second-order valence-corrected chi connectivity index (χ2v) is 7.91. The number of carbonyl (C=O) groups excluding carboxylic acids is 1. The molecule has 0 unspecified atom stereocenters. The minimum atomic E-state index is -0.434. The predicted octanol–water partition coefficient (Wildman–Crippen LogP) is 2.12. The summed E-state index contributed by atoms with van der Waals surface area (Å²) in [6, 6.07) is 0. The number of aromatic nitrogens is 6. The summed E-state index contributed by atoms with van der Waals surface area (Å²) in [4.78, 5) is 35.1. The van der Waals surface area contributed by atoms with E-state index in [9.17, 15) is 14.9 Å². The van der Waals surface area contributed by atoms with Gasteiger partial charge in [-0.25, -0.2) is 14.5 Å². The fraction of sp³-hybridized carbons (Fsp3) is 0.353. The van der Waals surface area contributed by atoms with Crippen molar-refractivity contribution >= 4 is 38.8 Å². The average Bonchev–Trinajstić information content (AvgIpc) is 3.28. The van der Waals surface area contributed by atoms with Crippen molar-refractivity contribution in [2.45, 2.75) is 27.3 Å². The van der Waals surface area contributed by atoms with Crippen LogP contribution in [0.15, 0.2) is 6.33 Å². The lowest BCUT2D eigenvalue weighted by molar-refractivity contribution is -0.386. The van der Waals surface area contributed by atoms with Crippen molar-refractivity contribution < 1.29 is 9.72 Å². The molecule has 4 aromatic rings. The standard InChI is InChI=1S/C17H18N8O3S/c1-8-12-15-19-11(6-23-10(3)13(25(27)28)9(2)20-23)21-24(15)7-18-16(12)29-14(8)17(26)22(4)5/h7H,6H2,1-5H3. The lowest BCUT2D eigenvalue weighted by Crippen LogP contribution is -2.21. The van der Waals surface area contributed by atoms with Gasteiger partial charge in [-0.1, -0.05) is 0 Å². The fourth-order valence-electron chi connectivity index (χ4n) is 3.29. The SMILES string of the molecule is Cc1nn(Cc2nc3c4c(C)c(C(=O)N(C)C)sc4ncn3n2)c(C)c1[N+](=O)[O-]. The summed E-state index contributed by atoms with van der Waals surface area (Å²) in [5.74, 6) is 0.365. The molecule has 0 N–H and O–H groups in total. The Bertz CT molecular complexity index is 1300. The zero-order chi connectivity index (χ0) is 21.0. The second kappa shape index (κ2) is 6.58. The molecule has 4 heterocycles. The summed E-state index contributed by atoms with van der Waals surface area (Å²) in [6.07, 6.45) is 1.55. The molecule has 0 atom stereocenters. The highest BCUT2D eigenvalue weighted by molar-refractivity contribution is 7.20. The maximum absolute atomic E-state index is 12.4. The minimum absolute atomic E-state index is 0.00154. The van der Waals surface area contributed by atoms with Gasteiger partial charge in [0.1, 0.15) is 29.1 Å². The molecule has 0 saturated carbocycles. The van der Waals surface area contributed by atoms with Gasteiger partial charge < -0.3 is 4.90 Å². The number of hydrogen-bond donors (Lipinski definition) is 0. The summed E-state index contributed by atoms with van der Waals surface area (Å²) in [5, 5.41) is 20.7. The molecule has 0 radical (unpaired) electrons. The van der Waals surface area contributed by atoms with E-state index in [4.69, 9.17) is 0 Å². The van der Waals surface area contributed by atoms with Crippen molar-refractivity contribution in [1.82, 2.24) is 34.3 Å². The average molecular weight is 414 g/mol. The van der Waals surface area contributed by atoms with Crippen LogP contribution in [0.4, 0.5) is 5.69 Å². The van der Waals surface area contributed by atoms with Crippen LogP contribution in [0, 0.1) is 30.9 Å². The van der Waals surface area contributed by atoms with Crippen LogP contribution in [0.3, 0.4) is 0 Å². The number of amides is 1. The van der Waals surface area contributed by atoms with Crippen molar-refractivity contribution in [3.05, 3.63) is 44.1 Å². The van der Waals surface area contributed by atoms with Crippen molar-refractivity contribution in [3.8, 4) is 0 Å². The van der Waals surface area contributed by atoms with Crippen molar-refractivity contribution in [2.24, 2.45) is 0 Å². The van der Waals surface area contributed by atoms with Crippen LogP contribution in [0.1, 0.15) is 32.4 Å². The number of rotatable bonds is 4. The van der Waals surface area contributed by atoms with E-state index in [0.29, 0.717) is 32.6 Å². The number of fused-ring (bicyclic) bond motifs is 3. The first kappa shape index (κ1) is 18.9. The van der Waals surface area contributed by atoms with Gasteiger partial charge in [-0.15, -0.1) is 16.4 Å². The zero-order valence-electron chi connectivity index (χ0n) is 16.5. The van der Waals surface area contributed by atoms with Crippen LogP contribution in [0.5, 0.6) is 0 Å². The molecule has 0 aromatic carbocycles. The molecule has 0 aliphatic rings. The van der Waals surface area contributed by atoms with Gasteiger partial charge in [0.2, 0.25) is 0 Å². The maximum atomic E-state index is 12.4. The van der Waals surface area contributed by atoms with Crippen LogP contribution in [-0.4, -0.2) is 59.2 Å². The molecule has 0 fully saturated rings. The second-order valence-electron chi connectivity index (χ2n) is 6.91. The molecular weight excluding hydrogens is 396 g/mol. The quantitative estimate of drug-likeness (QED) is 0.370. The van der Waals surface area contributed by atoms with E-state index in [2.05, 4.69) is 20.2 Å². The molecule has 0 spiro atoms. The molecule has 4 aromatic heterocycles. The molecule has 0 bridgehead atoms. The number of carbonyl (C=O) groups is 1. The van der Waals surface area contributed by atoms with Gasteiger partial charge in [0.05, 0.1) is 15.2 Å². The van der Waals surface area contributed by atoms with E-state index < -0.39 is 4.92 Å². The third kappa shape index (κ3) is 2.92. The van der Waals surface area contributed by atoms with Crippen molar-refractivity contribution in [3.63, 3.8) is 0 Å². The molecule has 0 aliphatic heterocycles. The van der Waals surface area contributed by atoms with Gasteiger partial charge in [-0.3, -0.25) is 19.6 Å². The topological polar surface area (TPSA) is 124 Å².